The van der Waals surface area contributed by atoms with Gasteiger partial charge in [-0.25, -0.2) is 0 Å². The third-order valence-electron chi connectivity index (χ3n) is 2.22. The topological polar surface area (TPSA) is 0 Å². The van der Waals surface area contributed by atoms with Gasteiger partial charge in [0.05, 0.1) is 15.1 Å². The molecule has 0 fully saturated rings. The molecule has 2 aromatic carbocycles. The van der Waals surface area contributed by atoms with Crippen LogP contribution in [0.5, 0.6) is 0 Å². The van der Waals surface area contributed by atoms with Crippen LogP contribution < -0.4 is 0 Å². The summed E-state index contributed by atoms with van der Waals surface area (Å²) in [5.74, 6) is 0. The zero-order valence-corrected chi connectivity index (χ0v) is 13.7. The molecule has 0 amide bonds. The van der Waals surface area contributed by atoms with Crippen LogP contribution in [-0.4, -0.2) is 0 Å². The van der Waals surface area contributed by atoms with E-state index in [1.165, 1.54) is 0 Å². The number of hydrogen-bond acceptors (Lipinski definition) is 0. The summed E-state index contributed by atoms with van der Waals surface area (Å²) in [4.78, 5) is 0. The minimum absolute atomic E-state index is 0.510. The van der Waals surface area contributed by atoms with Gasteiger partial charge in [0.25, 0.3) is 0 Å². The molecule has 0 unspecified atom stereocenters. The van der Waals surface area contributed by atoms with Crippen molar-refractivity contribution in [1.82, 2.24) is 0 Å². The Balaban J connectivity index is 2.64. The second-order valence-corrected chi connectivity index (χ2v) is 6.34. The van der Waals surface area contributed by atoms with E-state index in [2.05, 4.69) is 31.9 Å². The summed E-state index contributed by atoms with van der Waals surface area (Å²) in [6.07, 6.45) is 0. The van der Waals surface area contributed by atoms with Gasteiger partial charge in [-0.3, -0.25) is 0 Å². The molecule has 2 rings (SSSR count). The Morgan fingerprint density at radius 1 is 0.824 bits per heavy atom. The van der Waals surface area contributed by atoms with Gasteiger partial charge in [-0.15, -0.1) is 0 Å². The van der Waals surface area contributed by atoms with Crippen molar-refractivity contribution in [3.05, 3.63) is 54.3 Å². The third kappa shape index (κ3) is 2.99. The van der Waals surface area contributed by atoms with E-state index in [9.17, 15) is 0 Å². The van der Waals surface area contributed by atoms with Crippen molar-refractivity contribution in [3.63, 3.8) is 0 Å². The number of hydrogen-bond donors (Lipinski definition) is 0. The smallest absolute Gasteiger partial charge is 0.0627 e. The Hall–Kier alpha value is 0.270. The van der Waals surface area contributed by atoms with Crippen molar-refractivity contribution in [2.45, 2.75) is 0 Å². The molecule has 0 nitrogen and oxygen atoms in total. The molecular formula is C12H5Br2Cl3. The van der Waals surface area contributed by atoms with E-state index in [-0.39, 0.29) is 0 Å². The standard InChI is InChI=1S/C12H5Br2Cl3/c13-7-4-8(12(17)9(14)5-7)6-1-2-10(15)11(16)3-6/h1-5H. The SMILES string of the molecule is Clc1ccc(-c2cc(Br)cc(Br)c2Cl)cc1Cl. The van der Waals surface area contributed by atoms with E-state index in [0.717, 1.165) is 20.1 Å². The zero-order chi connectivity index (χ0) is 12.6. The van der Waals surface area contributed by atoms with Gasteiger partial charge in [-0.1, -0.05) is 56.8 Å². The summed E-state index contributed by atoms with van der Waals surface area (Å²) in [7, 11) is 0. The fourth-order valence-electron chi connectivity index (χ4n) is 1.43. The Kier molecular flexibility index (Phi) is 4.43. The lowest BCUT2D eigenvalue weighted by molar-refractivity contribution is 1.56. The van der Waals surface area contributed by atoms with Crippen LogP contribution in [0.2, 0.25) is 15.1 Å². The first-order valence-corrected chi connectivity index (χ1v) is 7.31. The van der Waals surface area contributed by atoms with Gasteiger partial charge in [0.1, 0.15) is 0 Å². The Morgan fingerprint density at radius 2 is 1.53 bits per heavy atom. The molecule has 0 saturated heterocycles. The summed E-state index contributed by atoms with van der Waals surface area (Å²) in [6.45, 7) is 0. The highest BCUT2D eigenvalue weighted by Gasteiger charge is 2.10. The third-order valence-corrected chi connectivity index (χ3v) is 4.68. The summed E-state index contributed by atoms with van der Waals surface area (Å²) in [6, 6.07) is 9.26. The van der Waals surface area contributed by atoms with Crippen molar-refractivity contribution >= 4 is 66.7 Å². The molecule has 0 aliphatic carbocycles. The lowest BCUT2D eigenvalue weighted by atomic mass is 10.1. The highest BCUT2D eigenvalue weighted by molar-refractivity contribution is 9.11. The maximum Gasteiger partial charge on any atom is 0.0627 e. The monoisotopic (exact) mass is 412 g/mol. The molecule has 0 aromatic heterocycles. The Bertz CT molecular complexity index is 582. The highest BCUT2D eigenvalue weighted by Crippen LogP contribution is 2.38. The van der Waals surface area contributed by atoms with Gasteiger partial charge < -0.3 is 0 Å². The largest absolute Gasteiger partial charge is 0.0827 e. The second-order valence-electron chi connectivity index (χ2n) is 3.38. The average molecular weight is 415 g/mol. The van der Waals surface area contributed by atoms with Crippen LogP contribution in [0.1, 0.15) is 0 Å². The van der Waals surface area contributed by atoms with Gasteiger partial charge in [0, 0.05) is 14.5 Å². The molecule has 0 spiro atoms. The van der Waals surface area contributed by atoms with Gasteiger partial charge >= 0.3 is 0 Å². The van der Waals surface area contributed by atoms with Crippen LogP contribution >= 0.6 is 66.7 Å². The molecule has 0 saturated carbocycles. The van der Waals surface area contributed by atoms with Crippen molar-refractivity contribution in [2.75, 3.05) is 0 Å². The zero-order valence-electron chi connectivity index (χ0n) is 8.28. The summed E-state index contributed by atoms with van der Waals surface area (Å²) in [5.41, 5.74) is 1.82. The van der Waals surface area contributed by atoms with Crippen molar-refractivity contribution in [1.29, 1.82) is 0 Å². The maximum absolute atomic E-state index is 6.25. The van der Waals surface area contributed by atoms with Crippen molar-refractivity contribution in [2.24, 2.45) is 0 Å². The van der Waals surface area contributed by atoms with Crippen molar-refractivity contribution in [3.8, 4) is 11.1 Å². The molecule has 5 heteroatoms. The van der Waals surface area contributed by atoms with Crippen LogP contribution in [0.3, 0.4) is 0 Å². The lowest BCUT2D eigenvalue weighted by Crippen LogP contribution is -1.82. The van der Waals surface area contributed by atoms with Crippen LogP contribution in [0.4, 0.5) is 0 Å². The number of halogens is 5. The predicted octanol–water partition coefficient (Wildman–Crippen LogP) is 6.84. The molecule has 0 radical (unpaired) electrons. The maximum atomic E-state index is 6.25. The summed E-state index contributed by atoms with van der Waals surface area (Å²) >= 11 is 25.0. The van der Waals surface area contributed by atoms with Crippen LogP contribution in [0.15, 0.2) is 39.3 Å². The summed E-state index contributed by atoms with van der Waals surface area (Å²) < 4.78 is 1.77. The predicted molar refractivity (Wildman–Crippen MR) is 82.3 cm³/mol. The molecule has 2 aromatic rings. The minimum Gasteiger partial charge on any atom is -0.0827 e. The first-order valence-electron chi connectivity index (χ1n) is 4.59. The Labute approximate surface area is 131 Å². The van der Waals surface area contributed by atoms with E-state index in [0.29, 0.717) is 15.1 Å². The van der Waals surface area contributed by atoms with Gasteiger partial charge in [-0.2, -0.15) is 0 Å². The fourth-order valence-corrected chi connectivity index (χ4v) is 3.17. The molecular weight excluding hydrogens is 410 g/mol. The normalized spacial score (nSPS) is 10.6. The van der Waals surface area contributed by atoms with Crippen LogP contribution in [-0.2, 0) is 0 Å². The van der Waals surface area contributed by atoms with Crippen LogP contribution in [0, 0.1) is 0 Å². The molecule has 0 N–H and O–H groups in total. The lowest BCUT2D eigenvalue weighted by Gasteiger charge is -2.08. The number of benzene rings is 2. The molecule has 0 bridgehead atoms. The van der Waals surface area contributed by atoms with E-state index in [1.54, 1.807) is 12.1 Å². The van der Waals surface area contributed by atoms with E-state index in [4.69, 9.17) is 34.8 Å². The van der Waals surface area contributed by atoms with E-state index >= 15 is 0 Å². The quantitative estimate of drug-likeness (QED) is 0.448. The molecule has 88 valence electrons. The summed E-state index contributed by atoms with van der Waals surface area (Å²) in [5, 5.41) is 1.68. The number of rotatable bonds is 1. The second kappa shape index (κ2) is 5.50. The van der Waals surface area contributed by atoms with Gasteiger partial charge in [0.15, 0.2) is 0 Å². The molecule has 17 heavy (non-hydrogen) atoms. The first kappa shape index (κ1) is 13.7. The molecule has 0 aliphatic rings. The fraction of sp³-hybridized carbons (Fsp3) is 0. The Morgan fingerprint density at radius 3 is 2.18 bits per heavy atom. The van der Waals surface area contributed by atoms with E-state index < -0.39 is 0 Å². The first-order chi connectivity index (χ1) is 7.99. The van der Waals surface area contributed by atoms with Gasteiger partial charge in [-0.05, 0) is 45.8 Å². The highest BCUT2D eigenvalue weighted by atomic mass is 79.9. The molecule has 0 atom stereocenters. The van der Waals surface area contributed by atoms with Gasteiger partial charge in [0.2, 0.25) is 0 Å². The molecule has 0 heterocycles. The molecule has 0 aliphatic heterocycles. The van der Waals surface area contributed by atoms with Crippen molar-refractivity contribution < 1.29 is 0 Å². The average Bonchev–Trinajstić information content (AvgIpc) is 2.27. The van der Waals surface area contributed by atoms with Crippen LogP contribution in [0.25, 0.3) is 11.1 Å². The minimum atomic E-state index is 0.510. The van der Waals surface area contributed by atoms with E-state index in [1.807, 2.05) is 18.2 Å².